The fraction of sp³-hybridized carbons (Fsp3) is 0.440. The Labute approximate surface area is 197 Å². The number of H-pyrrole nitrogens is 1. The third kappa shape index (κ3) is 4.80. The Hall–Kier alpha value is -3.30. The highest BCUT2D eigenvalue weighted by Gasteiger charge is 2.29. The number of carbonyl (C=O) groups excluding carboxylic acids is 1. The van der Waals surface area contributed by atoms with E-state index in [0.29, 0.717) is 25.0 Å². The largest absolute Gasteiger partial charge is 0.393 e. The molecule has 0 bridgehead atoms. The number of nitrogens with zero attached hydrogens (tertiary/aromatic N) is 4. The fourth-order valence-corrected chi connectivity index (χ4v) is 4.61. The van der Waals surface area contributed by atoms with Gasteiger partial charge in [0.2, 0.25) is 0 Å². The molecule has 0 aromatic carbocycles. The highest BCUT2D eigenvalue weighted by Crippen LogP contribution is 2.21. The minimum Gasteiger partial charge on any atom is -0.393 e. The zero-order valence-electron chi connectivity index (χ0n) is 19.3. The van der Waals surface area contributed by atoms with Gasteiger partial charge in [0.25, 0.3) is 11.5 Å². The van der Waals surface area contributed by atoms with Gasteiger partial charge >= 0.3 is 0 Å². The quantitative estimate of drug-likeness (QED) is 0.508. The second-order valence-electron chi connectivity index (χ2n) is 9.21. The Morgan fingerprint density at radius 1 is 1.15 bits per heavy atom. The molecule has 0 radical (unpaired) electrons. The molecule has 0 unspecified atom stereocenters. The van der Waals surface area contributed by atoms with E-state index in [2.05, 4.69) is 30.1 Å². The van der Waals surface area contributed by atoms with E-state index >= 15 is 0 Å². The van der Waals surface area contributed by atoms with Gasteiger partial charge < -0.3 is 20.3 Å². The van der Waals surface area contributed by atoms with Gasteiger partial charge in [-0.05, 0) is 49.1 Å². The number of aryl methyl sites for hydroxylation is 1. The van der Waals surface area contributed by atoms with Crippen molar-refractivity contribution >= 4 is 22.6 Å². The second-order valence-corrected chi connectivity index (χ2v) is 9.21. The van der Waals surface area contributed by atoms with Gasteiger partial charge in [0.15, 0.2) is 0 Å². The summed E-state index contributed by atoms with van der Waals surface area (Å²) in [6.07, 6.45) is 5.27. The first-order valence-electron chi connectivity index (χ1n) is 11.9. The first kappa shape index (κ1) is 22.5. The molecule has 4 heterocycles. The van der Waals surface area contributed by atoms with E-state index in [4.69, 9.17) is 0 Å². The van der Waals surface area contributed by atoms with Crippen molar-refractivity contribution in [3.8, 4) is 0 Å². The standard InChI is InChI=1S/C25H30N6O3/c1-2-17-10-22-23(29-24(17)33)9-16(13-26-22)15-30-5-7-31(8-6-30)19-3-4-21(27-14-19)25(34)28-18-11-20(32)12-18/h3-4,9-10,13-14,18,20,32H,2,5-8,11-12,15H2,1H3,(H,28,34)(H,29,33)/t18-,20+. The lowest BCUT2D eigenvalue weighted by atomic mass is 9.89. The molecule has 9 heteroatoms. The second kappa shape index (κ2) is 9.52. The predicted octanol–water partition coefficient (Wildman–Crippen LogP) is 1.46. The van der Waals surface area contributed by atoms with Crippen LogP contribution in [0.3, 0.4) is 0 Å². The van der Waals surface area contributed by atoms with Gasteiger partial charge in [-0.25, -0.2) is 4.98 Å². The summed E-state index contributed by atoms with van der Waals surface area (Å²) in [5, 5.41) is 12.3. The van der Waals surface area contributed by atoms with Crippen LogP contribution in [0.2, 0.25) is 0 Å². The van der Waals surface area contributed by atoms with Crippen LogP contribution in [0.15, 0.2) is 41.5 Å². The number of carbonyl (C=O) groups is 1. The van der Waals surface area contributed by atoms with Crippen LogP contribution < -0.4 is 15.8 Å². The third-order valence-electron chi connectivity index (χ3n) is 6.78. The average molecular weight is 463 g/mol. The van der Waals surface area contributed by atoms with Gasteiger partial charge in [-0.2, -0.15) is 0 Å². The van der Waals surface area contributed by atoms with Gasteiger partial charge in [-0.15, -0.1) is 0 Å². The molecule has 1 aliphatic carbocycles. The molecule has 3 aromatic rings. The summed E-state index contributed by atoms with van der Waals surface area (Å²) in [7, 11) is 0. The molecule has 0 spiro atoms. The van der Waals surface area contributed by atoms with Crippen LogP contribution in [-0.2, 0) is 13.0 Å². The summed E-state index contributed by atoms with van der Waals surface area (Å²) in [4.78, 5) is 40.9. The van der Waals surface area contributed by atoms with Crippen molar-refractivity contribution in [3.63, 3.8) is 0 Å². The molecule has 1 saturated carbocycles. The number of aliphatic hydroxyl groups excluding tert-OH is 1. The lowest BCUT2D eigenvalue weighted by molar-refractivity contribution is 0.0560. The molecular formula is C25H30N6O3. The van der Waals surface area contributed by atoms with E-state index in [1.165, 1.54) is 0 Å². The van der Waals surface area contributed by atoms with Crippen molar-refractivity contribution < 1.29 is 9.90 Å². The average Bonchev–Trinajstić information content (AvgIpc) is 2.83. The number of nitrogens with one attached hydrogen (secondary N) is 2. The minimum atomic E-state index is -0.296. The van der Waals surface area contributed by atoms with E-state index in [1.807, 2.05) is 31.3 Å². The van der Waals surface area contributed by atoms with E-state index in [1.54, 1.807) is 12.3 Å². The number of rotatable bonds is 6. The molecule has 9 nitrogen and oxygen atoms in total. The van der Waals surface area contributed by atoms with Crippen LogP contribution in [0.4, 0.5) is 5.69 Å². The van der Waals surface area contributed by atoms with Crippen LogP contribution in [0.1, 0.15) is 41.4 Å². The third-order valence-corrected chi connectivity index (χ3v) is 6.78. The van der Waals surface area contributed by atoms with Crippen molar-refractivity contribution in [1.29, 1.82) is 0 Å². The fourth-order valence-electron chi connectivity index (χ4n) is 4.61. The molecule has 178 valence electrons. The van der Waals surface area contributed by atoms with Gasteiger partial charge in [-0.1, -0.05) is 6.92 Å². The smallest absolute Gasteiger partial charge is 0.270 e. The van der Waals surface area contributed by atoms with E-state index in [9.17, 15) is 14.7 Å². The van der Waals surface area contributed by atoms with Crippen molar-refractivity contribution in [2.75, 3.05) is 31.1 Å². The maximum Gasteiger partial charge on any atom is 0.270 e. The SMILES string of the molecule is CCc1cc2ncc(CN3CCN(c4ccc(C(=O)N[C@H]5C[C@@H](O)C5)nc4)CC3)cc2[nH]c1=O. The number of amides is 1. The Kier molecular flexibility index (Phi) is 6.30. The maximum atomic E-state index is 12.3. The Balaban J connectivity index is 1.15. The van der Waals surface area contributed by atoms with Crippen molar-refractivity contribution in [1.82, 2.24) is 25.2 Å². The number of aromatic amines is 1. The number of anilines is 1. The van der Waals surface area contributed by atoms with Crippen molar-refractivity contribution in [2.45, 2.75) is 44.9 Å². The topological polar surface area (TPSA) is 114 Å². The summed E-state index contributed by atoms with van der Waals surface area (Å²) >= 11 is 0. The van der Waals surface area contributed by atoms with Crippen LogP contribution in [0, 0.1) is 0 Å². The lowest BCUT2D eigenvalue weighted by Gasteiger charge is -2.36. The van der Waals surface area contributed by atoms with E-state index in [-0.39, 0.29) is 23.6 Å². The summed E-state index contributed by atoms with van der Waals surface area (Å²) in [5.74, 6) is -0.190. The molecule has 1 amide bonds. The molecule has 3 N–H and O–H groups in total. The number of hydrogen-bond donors (Lipinski definition) is 3. The van der Waals surface area contributed by atoms with Crippen LogP contribution >= 0.6 is 0 Å². The van der Waals surface area contributed by atoms with Crippen molar-refractivity contribution in [3.05, 3.63) is 63.8 Å². The Bertz CT molecular complexity index is 1230. The molecule has 2 aliphatic rings. The lowest BCUT2D eigenvalue weighted by Crippen LogP contribution is -2.47. The number of aromatic nitrogens is 3. The molecule has 34 heavy (non-hydrogen) atoms. The Morgan fingerprint density at radius 3 is 2.62 bits per heavy atom. The zero-order valence-corrected chi connectivity index (χ0v) is 19.3. The first-order chi connectivity index (χ1) is 16.5. The van der Waals surface area contributed by atoms with Crippen LogP contribution in [-0.4, -0.2) is 69.2 Å². The molecule has 3 aromatic heterocycles. The molecule has 0 atom stereocenters. The van der Waals surface area contributed by atoms with E-state index < -0.39 is 0 Å². The Morgan fingerprint density at radius 2 is 1.94 bits per heavy atom. The monoisotopic (exact) mass is 462 g/mol. The van der Waals surface area contributed by atoms with Gasteiger partial charge in [0.1, 0.15) is 5.69 Å². The minimum absolute atomic E-state index is 0.0403. The van der Waals surface area contributed by atoms with Crippen molar-refractivity contribution in [2.24, 2.45) is 0 Å². The molecule has 5 rings (SSSR count). The normalized spacial score (nSPS) is 20.8. The van der Waals surface area contributed by atoms with Gasteiger partial charge in [0, 0.05) is 50.5 Å². The zero-order chi connectivity index (χ0) is 23.7. The molecular weight excluding hydrogens is 432 g/mol. The van der Waals surface area contributed by atoms with Gasteiger partial charge in [-0.3, -0.25) is 19.5 Å². The molecule has 2 fully saturated rings. The maximum absolute atomic E-state index is 12.3. The summed E-state index contributed by atoms with van der Waals surface area (Å²) < 4.78 is 0. The highest BCUT2D eigenvalue weighted by atomic mass is 16.3. The molecule has 1 aliphatic heterocycles. The number of fused-ring (bicyclic) bond motifs is 1. The van der Waals surface area contributed by atoms with E-state index in [0.717, 1.165) is 60.6 Å². The van der Waals surface area contributed by atoms with Gasteiger partial charge in [0.05, 0.1) is 29.0 Å². The number of aliphatic hydroxyl groups is 1. The summed E-state index contributed by atoms with van der Waals surface area (Å²) in [6, 6.07) is 7.65. The highest BCUT2D eigenvalue weighted by molar-refractivity contribution is 5.92. The number of pyridine rings is 3. The first-order valence-corrected chi connectivity index (χ1v) is 11.9. The number of hydrogen-bond acceptors (Lipinski definition) is 7. The number of piperazine rings is 1. The summed E-state index contributed by atoms with van der Waals surface area (Å²) in [5.41, 5.74) is 4.80. The summed E-state index contributed by atoms with van der Waals surface area (Å²) in [6.45, 7) is 6.27. The van der Waals surface area contributed by atoms with Crippen LogP contribution in [0.25, 0.3) is 11.0 Å². The molecule has 1 saturated heterocycles. The van der Waals surface area contributed by atoms with Crippen LogP contribution in [0.5, 0.6) is 0 Å². The predicted molar refractivity (Wildman–Crippen MR) is 130 cm³/mol.